The average Bonchev–Trinajstić information content (AvgIpc) is 1.35. The predicted molar refractivity (Wildman–Crippen MR) is 26.7 cm³/mol. The van der Waals surface area contributed by atoms with Crippen LogP contribution in [-0.4, -0.2) is 27.2 Å². The molecular formula is C4H13ClN2. The van der Waals surface area contributed by atoms with Gasteiger partial charge in [-0.05, 0) is 0 Å². The summed E-state index contributed by atoms with van der Waals surface area (Å²) in [6.07, 6.45) is 0. The molecule has 0 amide bonds. The molecule has 0 bridgehead atoms. The summed E-state index contributed by atoms with van der Waals surface area (Å²) in [5.41, 5.74) is 5.21. The van der Waals surface area contributed by atoms with Crippen molar-refractivity contribution in [2.24, 2.45) is 5.73 Å². The number of nitrogens with one attached hydrogen (secondary N) is 1. The smallest absolute Gasteiger partial charge is 0.0891 e. The Morgan fingerprint density at radius 2 is 1.86 bits per heavy atom. The van der Waals surface area contributed by atoms with Crippen molar-refractivity contribution >= 4 is 0 Å². The number of rotatable bonds is 2. The molecule has 0 unspecified atom stereocenters. The summed E-state index contributed by atoms with van der Waals surface area (Å²) < 4.78 is 0. The Balaban J connectivity index is 0. The molecule has 0 aromatic carbocycles. The lowest BCUT2D eigenvalue weighted by molar-refractivity contribution is -0.856. The number of hydrogen-bond donors (Lipinski definition) is 2. The summed E-state index contributed by atoms with van der Waals surface area (Å²) >= 11 is 0. The Morgan fingerprint density at radius 1 is 1.43 bits per heavy atom. The van der Waals surface area contributed by atoms with E-state index in [0.29, 0.717) is 0 Å². The Morgan fingerprint density at radius 3 is 1.86 bits per heavy atom. The minimum atomic E-state index is 0. The Kier molecular flexibility index (Phi) is 9.09. The van der Waals surface area contributed by atoms with Crippen molar-refractivity contribution in [1.29, 1.82) is 0 Å². The topological polar surface area (TPSA) is 30.5 Å². The van der Waals surface area contributed by atoms with Crippen LogP contribution in [0.5, 0.6) is 0 Å². The zero-order valence-corrected chi connectivity index (χ0v) is 5.63. The fourth-order valence-electron chi connectivity index (χ4n) is 0.289. The summed E-state index contributed by atoms with van der Waals surface area (Å²) in [6.45, 7) is 1.86. The molecular weight excluding hydrogens is 112 g/mol. The second-order valence-electron chi connectivity index (χ2n) is 1.75. The van der Waals surface area contributed by atoms with E-state index < -0.39 is 0 Å². The van der Waals surface area contributed by atoms with Crippen LogP contribution in [0.2, 0.25) is 0 Å². The van der Waals surface area contributed by atoms with Gasteiger partial charge in [0.15, 0.2) is 0 Å². The molecule has 0 aliphatic rings. The Bertz CT molecular complexity index is 30.9. The van der Waals surface area contributed by atoms with E-state index in [4.69, 9.17) is 5.73 Å². The van der Waals surface area contributed by atoms with Crippen molar-refractivity contribution in [2.75, 3.05) is 27.2 Å². The predicted octanol–water partition coefficient (Wildman–Crippen LogP) is -4.91. The molecule has 0 saturated carbocycles. The van der Waals surface area contributed by atoms with Crippen molar-refractivity contribution in [3.63, 3.8) is 0 Å². The zero-order chi connectivity index (χ0) is 4.99. The maximum absolute atomic E-state index is 5.21. The van der Waals surface area contributed by atoms with E-state index in [-0.39, 0.29) is 12.4 Å². The van der Waals surface area contributed by atoms with Crippen molar-refractivity contribution < 1.29 is 17.3 Å². The van der Waals surface area contributed by atoms with E-state index in [2.05, 4.69) is 14.1 Å². The van der Waals surface area contributed by atoms with Gasteiger partial charge in [-0.15, -0.1) is 0 Å². The lowest BCUT2D eigenvalue weighted by Crippen LogP contribution is -3.06. The molecule has 2 nitrogen and oxygen atoms in total. The molecule has 0 rings (SSSR count). The van der Waals surface area contributed by atoms with Crippen molar-refractivity contribution in [3.8, 4) is 0 Å². The molecule has 3 N–H and O–H groups in total. The third kappa shape index (κ3) is 10.7. The Hall–Kier alpha value is 0.210. The molecule has 0 aliphatic carbocycles. The van der Waals surface area contributed by atoms with Crippen molar-refractivity contribution in [3.05, 3.63) is 0 Å². The highest BCUT2D eigenvalue weighted by atomic mass is 35.5. The fraction of sp³-hybridized carbons (Fsp3) is 1.00. The molecule has 7 heavy (non-hydrogen) atoms. The quantitative estimate of drug-likeness (QED) is 0.380. The second kappa shape index (κ2) is 6.21. The minimum Gasteiger partial charge on any atom is -1.00 e. The fourth-order valence-corrected chi connectivity index (χ4v) is 0.289. The van der Waals surface area contributed by atoms with Crippen LogP contribution in [0.4, 0.5) is 0 Å². The van der Waals surface area contributed by atoms with Gasteiger partial charge in [0.2, 0.25) is 0 Å². The number of quaternary nitrogens is 1. The normalized spacial score (nSPS) is 8.57. The summed E-state index contributed by atoms with van der Waals surface area (Å²) in [6, 6.07) is 0. The maximum atomic E-state index is 5.21. The van der Waals surface area contributed by atoms with Crippen LogP contribution in [0.25, 0.3) is 0 Å². The highest BCUT2D eigenvalue weighted by Crippen LogP contribution is 1.28. The lowest BCUT2D eigenvalue weighted by Gasteiger charge is -2.01. The van der Waals surface area contributed by atoms with Crippen LogP contribution in [0, 0.1) is 0 Å². The standard InChI is InChI=1S/C4H12N2.ClH/c1-6(2)4-3-5;/h3-5H2,1-2H3;1H. The maximum Gasteiger partial charge on any atom is 0.0891 e. The molecule has 0 aromatic heterocycles. The van der Waals surface area contributed by atoms with Gasteiger partial charge in [0, 0.05) is 6.54 Å². The molecule has 0 radical (unpaired) electrons. The van der Waals surface area contributed by atoms with Gasteiger partial charge in [-0.1, -0.05) is 0 Å². The largest absolute Gasteiger partial charge is 1.00 e. The monoisotopic (exact) mass is 124 g/mol. The second-order valence-corrected chi connectivity index (χ2v) is 1.75. The molecule has 46 valence electrons. The Labute approximate surface area is 51.1 Å². The SMILES string of the molecule is C[NH+](C)CCN.[Cl-]. The number of halogens is 1. The van der Waals surface area contributed by atoms with E-state index in [0.717, 1.165) is 13.1 Å². The first kappa shape index (κ1) is 10.2. The first-order chi connectivity index (χ1) is 2.77. The summed E-state index contributed by atoms with van der Waals surface area (Å²) in [7, 11) is 4.18. The molecule has 0 fully saturated rings. The van der Waals surface area contributed by atoms with E-state index in [9.17, 15) is 0 Å². The van der Waals surface area contributed by atoms with Gasteiger partial charge in [0.25, 0.3) is 0 Å². The number of likely N-dealkylation sites (N-methyl/N-ethyl adjacent to an activating group) is 1. The van der Waals surface area contributed by atoms with Gasteiger partial charge in [-0.25, -0.2) is 0 Å². The molecule has 0 atom stereocenters. The highest BCUT2D eigenvalue weighted by Gasteiger charge is 1.83. The van der Waals surface area contributed by atoms with E-state index in [1.54, 1.807) is 0 Å². The van der Waals surface area contributed by atoms with Crippen LogP contribution >= 0.6 is 0 Å². The average molecular weight is 125 g/mol. The molecule has 0 aromatic rings. The molecule has 0 spiro atoms. The van der Waals surface area contributed by atoms with Crippen LogP contribution < -0.4 is 23.0 Å². The first-order valence-electron chi connectivity index (χ1n) is 2.26. The van der Waals surface area contributed by atoms with Crippen molar-refractivity contribution in [2.45, 2.75) is 0 Å². The van der Waals surface area contributed by atoms with Crippen LogP contribution in [0.1, 0.15) is 0 Å². The van der Waals surface area contributed by atoms with Crippen LogP contribution in [0.15, 0.2) is 0 Å². The third-order valence-electron chi connectivity index (χ3n) is 0.644. The minimum absolute atomic E-state index is 0. The van der Waals surface area contributed by atoms with Gasteiger partial charge in [-0.2, -0.15) is 0 Å². The molecule has 0 saturated heterocycles. The van der Waals surface area contributed by atoms with E-state index >= 15 is 0 Å². The van der Waals surface area contributed by atoms with Gasteiger partial charge in [0.05, 0.1) is 20.6 Å². The van der Waals surface area contributed by atoms with E-state index in [1.165, 1.54) is 4.90 Å². The number of hydrogen-bond acceptors (Lipinski definition) is 1. The van der Waals surface area contributed by atoms with Gasteiger partial charge < -0.3 is 23.0 Å². The number of nitrogens with two attached hydrogens (primary N) is 1. The van der Waals surface area contributed by atoms with Crippen LogP contribution in [0.3, 0.4) is 0 Å². The van der Waals surface area contributed by atoms with Crippen molar-refractivity contribution in [1.82, 2.24) is 0 Å². The molecule has 3 heteroatoms. The summed E-state index contributed by atoms with van der Waals surface area (Å²) in [5.74, 6) is 0. The molecule has 0 heterocycles. The zero-order valence-electron chi connectivity index (χ0n) is 4.87. The van der Waals surface area contributed by atoms with E-state index in [1.807, 2.05) is 0 Å². The summed E-state index contributed by atoms with van der Waals surface area (Å²) in [5, 5.41) is 0. The van der Waals surface area contributed by atoms with Gasteiger partial charge >= 0.3 is 0 Å². The highest BCUT2D eigenvalue weighted by molar-refractivity contribution is 4.20. The molecule has 0 aliphatic heterocycles. The van der Waals surface area contributed by atoms with Gasteiger partial charge in [0.1, 0.15) is 0 Å². The first-order valence-corrected chi connectivity index (χ1v) is 2.26. The summed E-state index contributed by atoms with van der Waals surface area (Å²) in [4.78, 5) is 1.41. The van der Waals surface area contributed by atoms with Crippen LogP contribution in [-0.2, 0) is 0 Å². The lowest BCUT2D eigenvalue weighted by atomic mass is 10.6. The third-order valence-corrected chi connectivity index (χ3v) is 0.644. The van der Waals surface area contributed by atoms with Gasteiger partial charge in [-0.3, -0.25) is 0 Å².